The molecule has 0 unspecified atom stereocenters. The van der Waals surface area contributed by atoms with Crippen LogP contribution in [-0.2, 0) is 121 Å². The summed E-state index contributed by atoms with van der Waals surface area (Å²) >= 11 is 0. The molecule has 3 fully saturated rings. The summed E-state index contributed by atoms with van der Waals surface area (Å²) in [6.45, 7) is 7.86. The van der Waals surface area contributed by atoms with Gasteiger partial charge in [0.2, 0.25) is 5.91 Å². The molecule has 0 saturated carbocycles. The van der Waals surface area contributed by atoms with Crippen LogP contribution in [0, 0.1) is 0 Å². The molecular weight excluding hydrogens is 926 g/mol. The van der Waals surface area contributed by atoms with Gasteiger partial charge in [0.15, 0.2) is 55.5 Å². The Bertz CT molecular complexity index is 1960. The fraction of sp³-hybridized carbons (Fsp3) is 0.659. The Hall–Kier alpha value is -5.83. The Morgan fingerprint density at radius 1 is 0.449 bits per heavy atom. The molecule has 0 spiro atoms. The number of rotatable bonds is 20. The Balaban J connectivity index is 1.97. The lowest BCUT2D eigenvalue weighted by Gasteiger charge is -2.51. The van der Waals surface area contributed by atoms with E-state index in [0.29, 0.717) is 0 Å². The summed E-state index contributed by atoms with van der Waals surface area (Å²) in [6, 6.07) is 7.49. The number of benzene rings is 1. The minimum absolute atomic E-state index is 0.00443. The maximum Gasteiger partial charge on any atom is 0.303 e. The highest BCUT2D eigenvalue weighted by molar-refractivity contribution is 5.73. The molecule has 25 heteroatoms. The molecular formula is C44H59NO24. The van der Waals surface area contributed by atoms with Crippen molar-refractivity contribution in [1.29, 1.82) is 0 Å². The SMILES string of the molecule is CO[C@@H]1O[C@H](COCc2ccccc2)[C@@H](O[C@@H]2O[C@H](COC(C)=O)[C@@H](OC(C)=O)[C@H](OC(C)=O)[C@H]2OC(C)=O)[C@H](O[C@@H]2O[C@H](COC(C)=O)[C@@H](OC(C)=O)[C@H](OC(C)=O)[C@H]2OC(C)=O)[C@H]1NC(C)=O. The van der Waals surface area contributed by atoms with Crippen molar-refractivity contribution in [2.75, 3.05) is 26.9 Å². The number of esters is 8. The van der Waals surface area contributed by atoms with Gasteiger partial charge in [-0.05, 0) is 5.56 Å². The van der Waals surface area contributed by atoms with Crippen LogP contribution < -0.4 is 5.32 Å². The third-order valence-electron chi connectivity index (χ3n) is 10.1. The number of nitrogens with one attached hydrogen (secondary N) is 1. The van der Waals surface area contributed by atoms with Gasteiger partial charge in [0.25, 0.3) is 0 Å². The molecule has 4 rings (SSSR count). The summed E-state index contributed by atoms with van der Waals surface area (Å²) < 4.78 is 88.3. The van der Waals surface area contributed by atoms with Gasteiger partial charge in [-0.2, -0.15) is 0 Å². The van der Waals surface area contributed by atoms with Crippen molar-refractivity contribution in [1.82, 2.24) is 5.32 Å². The Morgan fingerprint density at radius 2 is 0.826 bits per heavy atom. The Morgan fingerprint density at radius 3 is 1.22 bits per heavy atom. The van der Waals surface area contributed by atoms with Gasteiger partial charge in [0, 0.05) is 69.4 Å². The van der Waals surface area contributed by atoms with Gasteiger partial charge < -0.3 is 76.4 Å². The second kappa shape index (κ2) is 26.2. The molecule has 3 saturated heterocycles. The number of carbonyl (C=O) groups is 9. The standard InChI is InChI=1S/C44H59NO24/c1-20(46)45-33-37(69-44-41(64-28(9)54)39(62-26(7)52)36(60-24(5)50)32(67-44)19-58-22(3)48)34(30(65-42(33)55-10)17-56-16-29-14-12-11-13-15-29)68-43-40(63-27(8)53)38(61-25(6)51)35(59-23(4)49)31(66-43)18-57-21(2)47/h11-15,30-44H,16-19H2,1-10H3,(H,45,46)/t30-,31-,32-,33-,34-,35-,36-,37-,38+,39+,40-,41-,42-,43+,44+/m1/s1. The third-order valence-corrected chi connectivity index (χ3v) is 10.1. The lowest BCUT2D eigenvalue weighted by molar-refractivity contribution is -0.374. The van der Waals surface area contributed by atoms with Crippen LogP contribution >= 0.6 is 0 Å². The zero-order valence-corrected chi connectivity index (χ0v) is 39.7. The number of hydrogen-bond acceptors (Lipinski definition) is 24. The molecule has 1 aromatic carbocycles. The minimum Gasteiger partial charge on any atom is -0.463 e. The van der Waals surface area contributed by atoms with E-state index in [2.05, 4.69) is 5.32 Å². The zero-order chi connectivity index (χ0) is 51.1. The predicted octanol–water partition coefficient (Wildman–Crippen LogP) is 0.0158. The summed E-state index contributed by atoms with van der Waals surface area (Å²) in [6.07, 6.45) is -23.1. The van der Waals surface area contributed by atoms with E-state index in [1.165, 1.54) is 7.11 Å². The number of methoxy groups -OCH3 is 1. The molecule has 384 valence electrons. The van der Waals surface area contributed by atoms with Crippen molar-refractivity contribution < 1.29 is 114 Å². The van der Waals surface area contributed by atoms with Crippen molar-refractivity contribution in [3.63, 3.8) is 0 Å². The molecule has 0 aromatic heterocycles. The maximum atomic E-state index is 13.0. The number of carbonyl (C=O) groups excluding carboxylic acids is 9. The molecule has 3 aliphatic heterocycles. The lowest BCUT2D eigenvalue weighted by Crippen LogP contribution is -2.70. The van der Waals surface area contributed by atoms with E-state index < -0.39 is 159 Å². The quantitative estimate of drug-likeness (QED) is 0.133. The van der Waals surface area contributed by atoms with Gasteiger partial charge in [-0.25, -0.2) is 0 Å². The summed E-state index contributed by atoms with van der Waals surface area (Å²) in [5.41, 5.74) is 0.732. The highest BCUT2D eigenvalue weighted by atomic mass is 16.8. The highest BCUT2D eigenvalue weighted by Crippen LogP contribution is 2.38. The summed E-state index contributed by atoms with van der Waals surface area (Å²) in [5.74, 6) is -7.86. The first-order chi connectivity index (χ1) is 32.6. The molecule has 3 aliphatic rings. The number of hydrogen-bond donors (Lipinski definition) is 1. The van der Waals surface area contributed by atoms with Crippen LogP contribution in [0.25, 0.3) is 0 Å². The van der Waals surface area contributed by atoms with E-state index in [0.717, 1.165) is 67.9 Å². The first-order valence-corrected chi connectivity index (χ1v) is 21.6. The first kappa shape index (κ1) is 55.8. The monoisotopic (exact) mass is 985 g/mol. The summed E-state index contributed by atoms with van der Waals surface area (Å²) in [5, 5.41) is 2.69. The van der Waals surface area contributed by atoms with Gasteiger partial charge in [-0.15, -0.1) is 0 Å². The molecule has 1 aromatic rings. The second-order valence-electron chi connectivity index (χ2n) is 15.8. The van der Waals surface area contributed by atoms with Gasteiger partial charge >= 0.3 is 47.8 Å². The fourth-order valence-electron chi connectivity index (χ4n) is 7.73. The third kappa shape index (κ3) is 16.7. The normalized spacial score (nSPS) is 30.8. The van der Waals surface area contributed by atoms with Crippen LogP contribution in [0.2, 0.25) is 0 Å². The molecule has 0 bridgehead atoms. The molecule has 3 heterocycles. The van der Waals surface area contributed by atoms with E-state index in [1.807, 2.05) is 0 Å². The molecule has 1 amide bonds. The fourth-order valence-corrected chi connectivity index (χ4v) is 7.73. The maximum absolute atomic E-state index is 13.0. The molecule has 15 atom stereocenters. The van der Waals surface area contributed by atoms with Gasteiger partial charge in [-0.3, -0.25) is 43.2 Å². The largest absolute Gasteiger partial charge is 0.463 e. The highest BCUT2D eigenvalue weighted by Gasteiger charge is 2.59. The molecule has 25 nitrogen and oxygen atoms in total. The lowest BCUT2D eigenvalue weighted by atomic mass is 9.94. The smallest absolute Gasteiger partial charge is 0.303 e. The van der Waals surface area contributed by atoms with Crippen LogP contribution in [0.4, 0.5) is 0 Å². The average Bonchev–Trinajstić information content (AvgIpc) is 3.24. The van der Waals surface area contributed by atoms with Crippen LogP contribution in [0.1, 0.15) is 67.9 Å². The predicted molar refractivity (Wildman–Crippen MR) is 223 cm³/mol. The first-order valence-electron chi connectivity index (χ1n) is 21.6. The van der Waals surface area contributed by atoms with Gasteiger partial charge in [0.1, 0.15) is 49.8 Å². The topological polar surface area (TPSA) is 304 Å². The Labute approximate surface area is 396 Å². The van der Waals surface area contributed by atoms with Gasteiger partial charge in [0.05, 0.1) is 13.2 Å². The van der Waals surface area contributed by atoms with E-state index >= 15 is 0 Å². The van der Waals surface area contributed by atoms with Gasteiger partial charge in [-0.1, -0.05) is 30.3 Å². The minimum atomic E-state index is -1.91. The van der Waals surface area contributed by atoms with E-state index in [9.17, 15) is 43.2 Å². The number of ether oxygens (including phenoxy) is 15. The van der Waals surface area contributed by atoms with Crippen LogP contribution in [0.15, 0.2) is 30.3 Å². The van der Waals surface area contributed by atoms with Crippen LogP contribution in [-0.4, -0.2) is 173 Å². The zero-order valence-electron chi connectivity index (χ0n) is 39.7. The van der Waals surface area contributed by atoms with E-state index in [-0.39, 0.29) is 13.2 Å². The molecule has 69 heavy (non-hydrogen) atoms. The van der Waals surface area contributed by atoms with Crippen molar-refractivity contribution in [3.8, 4) is 0 Å². The molecule has 0 aliphatic carbocycles. The van der Waals surface area contributed by atoms with Crippen molar-refractivity contribution in [2.24, 2.45) is 0 Å². The van der Waals surface area contributed by atoms with Crippen molar-refractivity contribution in [3.05, 3.63) is 35.9 Å². The molecule has 1 N–H and O–H groups in total. The second-order valence-corrected chi connectivity index (χ2v) is 15.8. The van der Waals surface area contributed by atoms with Crippen molar-refractivity contribution in [2.45, 2.75) is 161 Å². The Kier molecular flexibility index (Phi) is 21.2. The summed E-state index contributed by atoms with van der Waals surface area (Å²) in [7, 11) is 1.24. The number of amides is 1. The van der Waals surface area contributed by atoms with Crippen LogP contribution in [0.5, 0.6) is 0 Å². The molecule has 0 radical (unpaired) electrons. The van der Waals surface area contributed by atoms with Crippen molar-refractivity contribution >= 4 is 53.7 Å². The summed E-state index contributed by atoms with van der Waals surface area (Å²) in [4.78, 5) is 113. The van der Waals surface area contributed by atoms with E-state index in [4.69, 9.17) is 71.1 Å². The average molecular weight is 986 g/mol. The van der Waals surface area contributed by atoms with Crippen LogP contribution in [0.3, 0.4) is 0 Å². The van der Waals surface area contributed by atoms with E-state index in [1.54, 1.807) is 30.3 Å².